The van der Waals surface area contributed by atoms with Gasteiger partial charge in [0, 0.05) is 37.0 Å². The molecule has 1 saturated heterocycles. The number of aromatic nitrogens is 3. The van der Waals surface area contributed by atoms with Crippen LogP contribution in [0.3, 0.4) is 0 Å². The zero-order valence-corrected chi connectivity index (χ0v) is 16.7. The van der Waals surface area contributed by atoms with Crippen molar-refractivity contribution in [1.82, 2.24) is 20.0 Å². The fourth-order valence-corrected chi connectivity index (χ4v) is 3.56. The number of benzene rings is 1. The number of pyridine rings is 1. The summed E-state index contributed by atoms with van der Waals surface area (Å²) in [7, 11) is 1.64. The van der Waals surface area contributed by atoms with Gasteiger partial charge in [-0.2, -0.15) is 4.98 Å². The Balaban J connectivity index is 1.32. The van der Waals surface area contributed by atoms with Gasteiger partial charge in [0.05, 0.1) is 12.7 Å². The molecule has 7 heteroatoms. The van der Waals surface area contributed by atoms with Gasteiger partial charge >= 0.3 is 0 Å². The number of piperidine rings is 1. The van der Waals surface area contributed by atoms with Crippen LogP contribution in [0.4, 0.5) is 0 Å². The van der Waals surface area contributed by atoms with Crippen LogP contribution in [-0.4, -0.2) is 46.1 Å². The second-order valence-corrected chi connectivity index (χ2v) is 7.37. The Bertz CT molecular complexity index is 958. The highest BCUT2D eigenvalue weighted by atomic mass is 16.5. The minimum Gasteiger partial charge on any atom is -0.497 e. The maximum atomic E-state index is 12.6. The quantitative estimate of drug-likeness (QED) is 0.661. The van der Waals surface area contributed by atoms with Gasteiger partial charge < -0.3 is 14.2 Å². The molecule has 7 nitrogen and oxygen atoms in total. The Hall–Kier alpha value is -3.22. The van der Waals surface area contributed by atoms with Gasteiger partial charge in [0.25, 0.3) is 5.91 Å². The number of hydrogen-bond acceptors (Lipinski definition) is 6. The maximum Gasteiger partial charge on any atom is 0.255 e. The van der Waals surface area contributed by atoms with Crippen LogP contribution in [-0.2, 0) is 6.42 Å². The molecule has 1 aliphatic heterocycles. The SMILES string of the molecule is COc1ccc(-c2noc(CC3CCN(C(=O)c4ccc(C)nc4)CC3)n2)cc1. The molecule has 1 fully saturated rings. The van der Waals surface area contributed by atoms with Gasteiger partial charge in [0.1, 0.15) is 5.75 Å². The van der Waals surface area contributed by atoms with E-state index in [4.69, 9.17) is 9.26 Å². The molecule has 3 heterocycles. The van der Waals surface area contributed by atoms with Crippen molar-refractivity contribution in [1.29, 1.82) is 0 Å². The molecule has 4 rings (SSSR count). The molecular formula is C22H24N4O3. The Morgan fingerprint density at radius 1 is 1.17 bits per heavy atom. The van der Waals surface area contributed by atoms with E-state index in [1.54, 1.807) is 13.3 Å². The Labute approximate surface area is 169 Å². The Morgan fingerprint density at radius 3 is 2.59 bits per heavy atom. The largest absolute Gasteiger partial charge is 0.497 e. The lowest BCUT2D eigenvalue weighted by Crippen LogP contribution is -2.39. The number of hydrogen-bond donors (Lipinski definition) is 0. The van der Waals surface area contributed by atoms with Gasteiger partial charge in [-0.05, 0) is 62.1 Å². The number of likely N-dealkylation sites (tertiary alicyclic amines) is 1. The van der Waals surface area contributed by atoms with E-state index in [1.165, 1.54) is 0 Å². The minimum atomic E-state index is 0.0514. The number of carbonyl (C=O) groups excluding carboxylic acids is 1. The van der Waals surface area contributed by atoms with Crippen molar-refractivity contribution in [3.05, 3.63) is 59.7 Å². The molecule has 0 atom stereocenters. The molecule has 0 unspecified atom stereocenters. The lowest BCUT2D eigenvalue weighted by Gasteiger charge is -2.31. The highest BCUT2D eigenvalue weighted by Crippen LogP contribution is 2.24. The van der Waals surface area contributed by atoms with E-state index in [-0.39, 0.29) is 5.91 Å². The molecule has 1 amide bonds. The first-order valence-electron chi connectivity index (χ1n) is 9.81. The first kappa shape index (κ1) is 19.1. The summed E-state index contributed by atoms with van der Waals surface area (Å²) in [5.74, 6) is 2.50. The molecule has 1 aliphatic rings. The van der Waals surface area contributed by atoms with Crippen LogP contribution in [0, 0.1) is 12.8 Å². The minimum absolute atomic E-state index is 0.0514. The molecule has 1 aromatic carbocycles. The first-order valence-corrected chi connectivity index (χ1v) is 9.81. The molecule has 0 aliphatic carbocycles. The number of methoxy groups -OCH3 is 1. The molecule has 0 saturated carbocycles. The third-order valence-corrected chi connectivity index (χ3v) is 5.34. The lowest BCUT2D eigenvalue weighted by atomic mass is 9.93. The van der Waals surface area contributed by atoms with Gasteiger partial charge in [0.15, 0.2) is 0 Å². The van der Waals surface area contributed by atoms with E-state index in [0.29, 0.717) is 23.2 Å². The average Bonchev–Trinajstić information content (AvgIpc) is 3.23. The van der Waals surface area contributed by atoms with E-state index in [1.807, 2.05) is 48.2 Å². The molecule has 3 aromatic rings. The molecular weight excluding hydrogens is 368 g/mol. The van der Waals surface area contributed by atoms with Crippen molar-refractivity contribution < 1.29 is 14.1 Å². The monoisotopic (exact) mass is 392 g/mol. The molecule has 29 heavy (non-hydrogen) atoms. The summed E-state index contributed by atoms with van der Waals surface area (Å²) in [4.78, 5) is 23.3. The molecule has 150 valence electrons. The molecule has 0 bridgehead atoms. The van der Waals surface area contributed by atoms with Crippen LogP contribution in [0.15, 0.2) is 47.1 Å². The van der Waals surface area contributed by atoms with Gasteiger partial charge in [-0.1, -0.05) is 5.16 Å². The van der Waals surface area contributed by atoms with Crippen LogP contribution in [0.25, 0.3) is 11.4 Å². The third-order valence-electron chi connectivity index (χ3n) is 5.34. The second-order valence-electron chi connectivity index (χ2n) is 7.37. The summed E-state index contributed by atoms with van der Waals surface area (Å²) in [5, 5.41) is 4.10. The topological polar surface area (TPSA) is 81.4 Å². The van der Waals surface area contributed by atoms with E-state index >= 15 is 0 Å². The Morgan fingerprint density at radius 2 is 1.93 bits per heavy atom. The summed E-state index contributed by atoms with van der Waals surface area (Å²) in [6.07, 6.45) is 4.23. The maximum absolute atomic E-state index is 12.6. The van der Waals surface area contributed by atoms with Crippen molar-refractivity contribution in [3.63, 3.8) is 0 Å². The number of rotatable bonds is 5. The van der Waals surface area contributed by atoms with Crippen molar-refractivity contribution >= 4 is 5.91 Å². The standard InChI is InChI=1S/C22H24N4O3/c1-15-3-4-18(14-23-15)22(27)26-11-9-16(10-12-26)13-20-24-21(25-29-20)17-5-7-19(28-2)8-6-17/h3-8,14,16H,9-13H2,1-2H3. The van der Waals surface area contributed by atoms with Gasteiger partial charge in [-0.15, -0.1) is 0 Å². The van der Waals surface area contributed by atoms with Crippen molar-refractivity contribution in [3.8, 4) is 17.1 Å². The predicted molar refractivity (Wildman–Crippen MR) is 108 cm³/mol. The van der Waals surface area contributed by atoms with Gasteiger partial charge in [0.2, 0.25) is 11.7 Å². The summed E-state index contributed by atoms with van der Waals surface area (Å²) in [6.45, 7) is 3.38. The van der Waals surface area contributed by atoms with Crippen molar-refractivity contribution in [2.75, 3.05) is 20.2 Å². The zero-order chi connectivity index (χ0) is 20.2. The van der Waals surface area contributed by atoms with Gasteiger partial charge in [-0.25, -0.2) is 0 Å². The lowest BCUT2D eigenvalue weighted by molar-refractivity contribution is 0.0687. The number of ether oxygens (including phenoxy) is 1. The summed E-state index contributed by atoms with van der Waals surface area (Å²) in [6, 6.07) is 11.3. The van der Waals surface area contributed by atoms with Crippen molar-refractivity contribution in [2.24, 2.45) is 5.92 Å². The van der Waals surface area contributed by atoms with E-state index in [9.17, 15) is 4.79 Å². The first-order chi connectivity index (χ1) is 14.1. The fraction of sp³-hybridized carbons (Fsp3) is 0.364. The van der Waals surface area contributed by atoms with Crippen molar-refractivity contribution in [2.45, 2.75) is 26.2 Å². The van der Waals surface area contributed by atoms with Gasteiger partial charge in [-0.3, -0.25) is 9.78 Å². The smallest absolute Gasteiger partial charge is 0.255 e. The summed E-state index contributed by atoms with van der Waals surface area (Å²) in [5.41, 5.74) is 2.46. The zero-order valence-electron chi connectivity index (χ0n) is 16.7. The normalized spacial score (nSPS) is 14.8. The van der Waals surface area contributed by atoms with Crippen LogP contribution >= 0.6 is 0 Å². The average molecular weight is 392 g/mol. The highest BCUT2D eigenvalue weighted by molar-refractivity contribution is 5.93. The summed E-state index contributed by atoms with van der Waals surface area (Å²) < 4.78 is 10.6. The highest BCUT2D eigenvalue weighted by Gasteiger charge is 2.25. The molecule has 0 N–H and O–H groups in total. The number of aryl methyl sites for hydroxylation is 1. The van der Waals surface area contributed by atoms with Crippen LogP contribution in [0.5, 0.6) is 5.75 Å². The molecule has 0 spiro atoms. The molecule has 0 radical (unpaired) electrons. The Kier molecular flexibility index (Phi) is 5.55. The predicted octanol–water partition coefficient (Wildman–Crippen LogP) is 3.54. The summed E-state index contributed by atoms with van der Waals surface area (Å²) >= 11 is 0. The molecule has 2 aromatic heterocycles. The van der Waals surface area contributed by atoms with Crippen LogP contribution in [0.2, 0.25) is 0 Å². The van der Waals surface area contributed by atoms with E-state index in [0.717, 1.165) is 49.4 Å². The van der Waals surface area contributed by atoms with Crippen LogP contribution in [0.1, 0.15) is 34.8 Å². The van der Waals surface area contributed by atoms with Crippen LogP contribution < -0.4 is 4.74 Å². The number of carbonyl (C=O) groups is 1. The third kappa shape index (κ3) is 4.45. The fourth-order valence-electron chi connectivity index (χ4n) is 3.56. The van der Waals surface area contributed by atoms with E-state index < -0.39 is 0 Å². The number of nitrogens with zero attached hydrogens (tertiary/aromatic N) is 4. The second kappa shape index (κ2) is 8.43. The number of amides is 1. The van der Waals surface area contributed by atoms with E-state index in [2.05, 4.69) is 15.1 Å².